The fourth-order valence-corrected chi connectivity index (χ4v) is 3.72. The van der Waals surface area contributed by atoms with Crippen LogP contribution in [0.1, 0.15) is 39.9 Å². The zero-order chi connectivity index (χ0) is 20.6. The molecule has 2 rings (SSSR count). The molecule has 0 heterocycles. The molecule has 4 heteroatoms. The third-order valence-electron chi connectivity index (χ3n) is 4.32. The molecule has 0 fully saturated rings. The van der Waals surface area contributed by atoms with Crippen molar-refractivity contribution in [1.82, 2.24) is 0 Å². The van der Waals surface area contributed by atoms with Gasteiger partial charge in [-0.25, -0.2) is 0 Å². The zero-order valence-corrected chi connectivity index (χ0v) is 20.0. The number of methoxy groups -OCH3 is 1. The molecule has 2 aromatic carbocycles. The lowest BCUT2D eigenvalue weighted by molar-refractivity contribution is 0.106. The summed E-state index contributed by atoms with van der Waals surface area (Å²) in [6.07, 6.45) is 8.60. The molecule has 0 radical (unpaired) electrons. The first-order chi connectivity index (χ1) is 13.3. The van der Waals surface area contributed by atoms with Gasteiger partial charge < -0.3 is 9.47 Å². The van der Waals surface area contributed by atoms with E-state index in [9.17, 15) is 0 Å². The van der Waals surface area contributed by atoms with Gasteiger partial charge in [0.25, 0.3) is 0 Å². The van der Waals surface area contributed by atoms with Gasteiger partial charge in [0.15, 0.2) is 0 Å². The largest absolute Gasteiger partial charge is 0.497 e. The SMILES string of the molecule is COc1ccc(COCc2cc(C(Br)CCC#CS(C)(C)C)ccc2C)cc1. The molecule has 1 unspecified atom stereocenters. The third kappa shape index (κ3) is 7.91. The molecule has 0 amide bonds. The highest BCUT2D eigenvalue weighted by Crippen LogP contribution is 2.33. The van der Waals surface area contributed by atoms with Crippen LogP contribution in [-0.2, 0) is 18.0 Å². The highest BCUT2D eigenvalue weighted by molar-refractivity contribution is 9.09. The Bertz CT molecular complexity index is 813. The lowest BCUT2D eigenvalue weighted by Gasteiger charge is -2.15. The molecule has 2 aromatic rings. The predicted octanol–water partition coefficient (Wildman–Crippen LogP) is 6.59. The van der Waals surface area contributed by atoms with Crippen LogP contribution in [0.15, 0.2) is 42.5 Å². The summed E-state index contributed by atoms with van der Waals surface area (Å²) in [6, 6.07) is 14.6. The first kappa shape index (κ1) is 22.9. The molecule has 0 bridgehead atoms. The van der Waals surface area contributed by atoms with E-state index in [0.717, 1.165) is 24.2 Å². The van der Waals surface area contributed by atoms with E-state index < -0.39 is 10.0 Å². The van der Waals surface area contributed by atoms with Crippen molar-refractivity contribution in [3.8, 4) is 16.9 Å². The second kappa shape index (κ2) is 11.0. The van der Waals surface area contributed by atoms with Crippen molar-refractivity contribution in [1.29, 1.82) is 0 Å². The van der Waals surface area contributed by atoms with Crippen molar-refractivity contribution in [3.63, 3.8) is 0 Å². The average molecular weight is 463 g/mol. The van der Waals surface area contributed by atoms with Gasteiger partial charge in [0.1, 0.15) is 5.75 Å². The van der Waals surface area contributed by atoms with Crippen LogP contribution in [0, 0.1) is 18.1 Å². The lowest BCUT2D eigenvalue weighted by Crippen LogP contribution is -1.99. The maximum absolute atomic E-state index is 5.96. The van der Waals surface area contributed by atoms with Crippen molar-refractivity contribution in [2.75, 3.05) is 25.9 Å². The number of rotatable bonds is 8. The fraction of sp³-hybridized carbons (Fsp3) is 0.417. The van der Waals surface area contributed by atoms with Crippen LogP contribution in [0.25, 0.3) is 0 Å². The van der Waals surface area contributed by atoms with Crippen molar-refractivity contribution < 1.29 is 9.47 Å². The number of hydrogen-bond acceptors (Lipinski definition) is 2. The van der Waals surface area contributed by atoms with Gasteiger partial charge in [0.2, 0.25) is 0 Å². The molecule has 152 valence electrons. The molecule has 0 aromatic heterocycles. The monoisotopic (exact) mass is 462 g/mol. The summed E-state index contributed by atoms with van der Waals surface area (Å²) in [4.78, 5) is 0.317. The quantitative estimate of drug-likeness (QED) is 0.325. The summed E-state index contributed by atoms with van der Waals surface area (Å²) < 4.78 is 11.1. The maximum atomic E-state index is 5.96. The highest BCUT2D eigenvalue weighted by Gasteiger charge is 2.09. The Morgan fingerprint density at radius 1 is 1.04 bits per heavy atom. The molecule has 0 saturated heterocycles. The summed E-state index contributed by atoms with van der Waals surface area (Å²) in [7, 11) is 0.941. The van der Waals surface area contributed by atoms with E-state index in [0.29, 0.717) is 18.0 Å². The lowest BCUT2D eigenvalue weighted by atomic mass is 10.0. The molecular formula is C24H31BrO2S. The molecule has 2 nitrogen and oxygen atoms in total. The van der Waals surface area contributed by atoms with Crippen molar-refractivity contribution >= 4 is 26.0 Å². The van der Waals surface area contributed by atoms with Crippen LogP contribution < -0.4 is 4.74 Å². The molecular weight excluding hydrogens is 432 g/mol. The molecule has 28 heavy (non-hydrogen) atoms. The van der Waals surface area contributed by atoms with Crippen LogP contribution in [0.2, 0.25) is 0 Å². The number of ether oxygens (including phenoxy) is 2. The Hall–Kier alpha value is -1.41. The van der Waals surface area contributed by atoms with E-state index in [1.165, 1.54) is 16.7 Å². The van der Waals surface area contributed by atoms with Gasteiger partial charge in [-0.05, 0) is 66.5 Å². The first-order valence-electron chi connectivity index (χ1n) is 9.40. The van der Waals surface area contributed by atoms with Crippen LogP contribution >= 0.6 is 26.0 Å². The Morgan fingerprint density at radius 3 is 2.39 bits per heavy atom. The fourth-order valence-electron chi connectivity index (χ4n) is 2.68. The van der Waals surface area contributed by atoms with Crippen molar-refractivity contribution in [2.45, 2.75) is 37.8 Å². The molecule has 0 saturated carbocycles. The smallest absolute Gasteiger partial charge is 0.118 e. The van der Waals surface area contributed by atoms with Crippen LogP contribution in [0.4, 0.5) is 0 Å². The number of benzene rings is 2. The van der Waals surface area contributed by atoms with Gasteiger partial charge >= 0.3 is 0 Å². The first-order valence-corrected chi connectivity index (χ1v) is 13.2. The molecule has 0 spiro atoms. The zero-order valence-electron chi connectivity index (χ0n) is 17.5. The van der Waals surface area contributed by atoms with Gasteiger partial charge in [-0.2, -0.15) is 10.0 Å². The second-order valence-corrected chi connectivity index (χ2v) is 12.6. The van der Waals surface area contributed by atoms with E-state index in [4.69, 9.17) is 9.47 Å². The Labute approximate surface area is 180 Å². The summed E-state index contributed by atoms with van der Waals surface area (Å²) in [5.74, 6) is 4.20. The molecule has 0 aliphatic carbocycles. The van der Waals surface area contributed by atoms with Gasteiger partial charge in [-0.3, -0.25) is 0 Å². The Morgan fingerprint density at radius 2 is 1.75 bits per heavy atom. The maximum Gasteiger partial charge on any atom is 0.118 e. The summed E-state index contributed by atoms with van der Waals surface area (Å²) >= 11 is 3.83. The summed E-state index contributed by atoms with van der Waals surface area (Å²) in [6.45, 7) is 3.34. The average Bonchev–Trinajstić information content (AvgIpc) is 2.66. The van der Waals surface area contributed by atoms with Gasteiger partial charge in [-0.15, -0.1) is 0 Å². The van der Waals surface area contributed by atoms with E-state index in [1.807, 2.05) is 24.3 Å². The van der Waals surface area contributed by atoms with E-state index >= 15 is 0 Å². The Balaban J connectivity index is 1.91. The topological polar surface area (TPSA) is 18.5 Å². The number of hydrogen-bond donors (Lipinski definition) is 0. The molecule has 0 aliphatic heterocycles. The van der Waals surface area contributed by atoms with Crippen LogP contribution in [0.5, 0.6) is 5.75 Å². The van der Waals surface area contributed by atoms with Gasteiger partial charge in [0, 0.05) is 11.2 Å². The molecule has 0 N–H and O–H groups in total. The minimum atomic E-state index is -0.736. The van der Waals surface area contributed by atoms with Crippen LogP contribution in [0.3, 0.4) is 0 Å². The number of alkyl halides is 1. The van der Waals surface area contributed by atoms with E-state index in [2.05, 4.69) is 71.0 Å². The standard InChI is InChI=1S/C24H31BrO2S/c1-19-9-12-21(24(25)8-6-7-15-28(3,4)5)16-22(19)18-27-17-20-10-13-23(26-2)14-11-20/h9-14,16,24H,6,8,17-18H2,1-5H3. The summed E-state index contributed by atoms with van der Waals surface area (Å²) in [5, 5.41) is 3.38. The second-order valence-electron chi connectivity index (χ2n) is 7.65. The minimum Gasteiger partial charge on any atom is -0.497 e. The van der Waals surface area contributed by atoms with E-state index in [1.54, 1.807) is 7.11 Å². The molecule has 1 atom stereocenters. The predicted molar refractivity (Wildman–Crippen MR) is 127 cm³/mol. The minimum absolute atomic E-state index is 0.317. The van der Waals surface area contributed by atoms with E-state index in [-0.39, 0.29) is 0 Å². The number of aryl methyl sites for hydroxylation is 1. The summed E-state index contributed by atoms with van der Waals surface area (Å²) in [5.41, 5.74) is 4.93. The highest BCUT2D eigenvalue weighted by atomic mass is 79.9. The van der Waals surface area contributed by atoms with Gasteiger partial charge in [0.05, 0.1) is 20.3 Å². The molecule has 0 aliphatic rings. The normalized spacial score (nSPS) is 12.8. The third-order valence-corrected chi connectivity index (χ3v) is 6.06. The van der Waals surface area contributed by atoms with Crippen LogP contribution in [-0.4, -0.2) is 25.9 Å². The van der Waals surface area contributed by atoms with Crippen molar-refractivity contribution in [3.05, 3.63) is 64.7 Å². The van der Waals surface area contributed by atoms with Gasteiger partial charge in [-0.1, -0.05) is 57.4 Å². The Kier molecular flexibility index (Phi) is 8.95. The number of halogens is 1. The van der Waals surface area contributed by atoms with Crippen molar-refractivity contribution in [2.24, 2.45) is 0 Å².